The number of halogens is 1. The Bertz CT molecular complexity index is 349. The van der Waals surface area contributed by atoms with Crippen LogP contribution in [0.25, 0.3) is 0 Å². The topological polar surface area (TPSA) is 48.0 Å². The average molecular weight is 231 g/mol. The summed E-state index contributed by atoms with van der Waals surface area (Å²) in [6.07, 6.45) is 0. The standard InChI is InChI=1S/C8H11BrN2O/c1-4-6(9)5(2)11(3)8(12)7(4)10/h10H2,1-3H3. The minimum Gasteiger partial charge on any atom is -0.394 e. The molecule has 1 heterocycles. The van der Waals surface area contributed by atoms with Crippen LogP contribution in [0.2, 0.25) is 0 Å². The van der Waals surface area contributed by atoms with Gasteiger partial charge in [0.25, 0.3) is 5.56 Å². The van der Waals surface area contributed by atoms with Gasteiger partial charge in [-0.25, -0.2) is 0 Å². The molecule has 0 aromatic carbocycles. The molecule has 0 amide bonds. The van der Waals surface area contributed by atoms with E-state index >= 15 is 0 Å². The van der Waals surface area contributed by atoms with Crippen LogP contribution in [-0.4, -0.2) is 4.57 Å². The summed E-state index contributed by atoms with van der Waals surface area (Å²) >= 11 is 3.38. The molecule has 1 aromatic rings. The fraction of sp³-hybridized carbons (Fsp3) is 0.375. The summed E-state index contributed by atoms with van der Waals surface area (Å²) in [4.78, 5) is 11.4. The molecular formula is C8H11BrN2O. The van der Waals surface area contributed by atoms with Crippen LogP contribution in [0.15, 0.2) is 9.27 Å². The lowest BCUT2D eigenvalue weighted by Crippen LogP contribution is -2.23. The molecule has 66 valence electrons. The highest BCUT2D eigenvalue weighted by Crippen LogP contribution is 2.21. The molecule has 0 fully saturated rings. The number of anilines is 1. The van der Waals surface area contributed by atoms with Gasteiger partial charge in [0, 0.05) is 17.2 Å². The summed E-state index contributed by atoms with van der Waals surface area (Å²) < 4.78 is 2.44. The number of hydrogen-bond acceptors (Lipinski definition) is 2. The predicted octanol–water partition coefficient (Wildman–Crippen LogP) is 1.35. The largest absolute Gasteiger partial charge is 0.394 e. The molecule has 12 heavy (non-hydrogen) atoms. The third kappa shape index (κ3) is 1.16. The monoisotopic (exact) mass is 230 g/mol. The van der Waals surface area contributed by atoms with Gasteiger partial charge >= 0.3 is 0 Å². The highest BCUT2D eigenvalue weighted by molar-refractivity contribution is 9.10. The van der Waals surface area contributed by atoms with E-state index in [1.165, 1.54) is 4.57 Å². The maximum absolute atomic E-state index is 11.4. The zero-order chi connectivity index (χ0) is 9.46. The van der Waals surface area contributed by atoms with Gasteiger partial charge in [-0.1, -0.05) is 0 Å². The minimum atomic E-state index is -0.131. The summed E-state index contributed by atoms with van der Waals surface area (Å²) in [6.45, 7) is 3.70. The maximum Gasteiger partial charge on any atom is 0.273 e. The van der Waals surface area contributed by atoms with E-state index < -0.39 is 0 Å². The van der Waals surface area contributed by atoms with Gasteiger partial charge in [0.05, 0.1) is 0 Å². The van der Waals surface area contributed by atoms with Crippen molar-refractivity contribution in [2.24, 2.45) is 7.05 Å². The van der Waals surface area contributed by atoms with Crippen LogP contribution in [-0.2, 0) is 7.05 Å². The molecule has 0 radical (unpaired) electrons. The van der Waals surface area contributed by atoms with Crippen molar-refractivity contribution in [1.29, 1.82) is 0 Å². The molecule has 0 bridgehead atoms. The van der Waals surface area contributed by atoms with Crippen LogP contribution in [0.5, 0.6) is 0 Å². The fourth-order valence-corrected chi connectivity index (χ4v) is 1.51. The van der Waals surface area contributed by atoms with Gasteiger partial charge in [-0.15, -0.1) is 0 Å². The number of hydrogen-bond donors (Lipinski definition) is 1. The van der Waals surface area contributed by atoms with Crippen molar-refractivity contribution in [2.45, 2.75) is 13.8 Å². The van der Waals surface area contributed by atoms with Crippen molar-refractivity contribution in [3.63, 3.8) is 0 Å². The smallest absolute Gasteiger partial charge is 0.273 e. The Balaban J connectivity index is 3.73. The van der Waals surface area contributed by atoms with Crippen LogP contribution >= 0.6 is 15.9 Å². The molecule has 1 rings (SSSR count). The molecule has 0 spiro atoms. The number of nitrogens with zero attached hydrogens (tertiary/aromatic N) is 1. The van der Waals surface area contributed by atoms with Crippen molar-refractivity contribution in [2.75, 3.05) is 5.73 Å². The van der Waals surface area contributed by atoms with Gasteiger partial charge in [0.2, 0.25) is 0 Å². The highest BCUT2D eigenvalue weighted by Gasteiger charge is 2.09. The molecule has 0 aliphatic heterocycles. The van der Waals surface area contributed by atoms with Crippen molar-refractivity contribution in [1.82, 2.24) is 4.57 Å². The van der Waals surface area contributed by atoms with Crippen LogP contribution in [0.3, 0.4) is 0 Å². The number of aromatic nitrogens is 1. The first-order valence-electron chi connectivity index (χ1n) is 3.58. The van der Waals surface area contributed by atoms with Gasteiger partial charge < -0.3 is 10.3 Å². The van der Waals surface area contributed by atoms with Crippen LogP contribution in [0, 0.1) is 13.8 Å². The number of pyridine rings is 1. The number of nitrogen functional groups attached to an aromatic ring is 1. The van der Waals surface area contributed by atoms with Gasteiger partial charge in [-0.05, 0) is 35.3 Å². The lowest BCUT2D eigenvalue weighted by atomic mass is 10.2. The lowest BCUT2D eigenvalue weighted by Gasteiger charge is -2.10. The first kappa shape index (κ1) is 9.32. The second kappa shape index (κ2) is 2.94. The first-order chi connectivity index (χ1) is 5.46. The number of nitrogens with two attached hydrogens (primary N) is 1. The average Bonchev–Trinajstić information content (AvgIpc) is 2.08. The van der Waals surface area contributed by atoms with E-state index in [2.05, 4.69) is 15.9 Å². The van der Waals surface area contributed by atoms with E-state index in [0.717, 1.165) is 15.7 Å². The van der Waals surface area contributed by atoms with Crippen LogP contribution in [0.4, 0.5) is 5.69 Å². The summed E-state index contributed by atoms with van der Waals surface area (Å²) in [7, 11) is 1.71. The first-order valence-corrected chi connectivity index (χ1v) is 4.37. The maximum atomic E-state index is 11.4. The van der Waals surface area contributed by atoms with Gasteiger partial charge in [-0.3, -0.25) is 4.79 Å². The van der Waals surface area contributed by atoms with Crippen molar-refractivity contribution in [3.05, 3.63) is 26.1 Å². The molecule has 0 unspecified atom stereocenters. The van der Waals surface area contributed by atoms with E-state index in [4.69, 9.17) is 5.73 Å². The molecule has 0 atom stereocenters. The van der Waals surface area contributed by atoms with Crippen molar-refractivity contribution < 1.29 is 0 Å². The van der Waals surface area contributed by atoms with E-state index in [1.807, 2.05) is 13.8 Å². The molecular weight excluding hydrogens is 220 g/mol. The van der Waals surface area contributed by atoms with Crippen LogP contribution in [0.1, 0.15) is 11.3 Å². The molecule has 2 N–H and O–H groups in total. The Morgan fingerprint density at radius 1 is 1.42 bits per heavy atom. The summed E-state index contributed by atoms with van der Waals surface area (Å²) in [5.41, 5.74) is 7.48. The molecule has 0 aliphatic carbocycles. The van der Waals surface area contributed by atoms with Crippen molar-refractivity contribution in [3.8, 4) is 0 Å². The predicted molar refractivity (Wildman–Crippen MR) is 53.3 cm³/mol. The Hall–Kier alpha value is -0.770. The molecule has 3 nitrogen and oxygen atoms in total. The summed E-state index contributed by atoms with van der Waals surface area (Å²) in [6, 6.07) is 0. The quantitative estimate of drug-likeness (QED) is 0.732. The summed E-state index contributed by atoms with van der Waals surface area (Å²) in [5.74, 6) is 0. The van der Waals surface area contributed by atoms with E-state index in [9.17, 15) is 4.79 Å². The van der Waals surface area contributed by atoms with Gasteiger partial charge in [0.15, 0.2) is 0 Å². The molecule has 1 aromatic heterocycles. The Morgan fingerprint density at radius 3 is 2.42 bits per heavy atom. The lowest BCUT2D eigenvalue weighted by molar-refractivity contribution is 0.812. The zero-order valence-corrected chi connectivity index (χ0v) is 8.90. The minimum absolute atomic E-state index is 0.131. The van der Waals surface area contributed by atoms with E-state index in [1.54, 1.807) is 7.05 Å². The molecule has 0 saturated carbocycles. The Morgan fingerprint density at radius 2 is 1.92 bits per heavy atom. The third-order valence-electron chi connectivity index (χ3n) is 2.09. The van der Waals surface area contributed by atoms with Gasteiger partial charge in [-0.2, -0.15) is 0 Å². The second-order valence-corrected chi connectivity index (χ2v) is 3.60. The zero-order valence-electron chi connectivity index (χ0n) is 7.31. The third-order valence-corrected chi connectivity index (χ3v) is 3.26. The SMILES string of the molecule is Cc1c(Br)c(C)n(C)c(=O)c1N. The molecule has 4 heteroatoms. The Kier molecular flexibility index (Phi) is 2.28. The van der Waals surface area contributed by atoms with E-state index in [0.29, 0.717) is 5.69 Å². The normalized spacial score (nSPS) is 10.3. The number of rotatable bonds is 0. The Labute approximate surface area is 79.3 Å². The second-order valence-electron chi connectivity index (χ2n) is 2.80. The molecule has 0 saturated heterocycles. The summed E-state index contributed by atoms with van der Waals surface area (Å²) in [5, 5.41) is 0. The van der Waals surface area contributed by atoms with E-state index in [-0.39, 0.29) is 5.56 Å². The van der Waals surface area contributed by atoms with Crippen LogP contribution < -0.4 is 11.3 Å². The highest BCUT2D eigenvalue weighted by atomic mass is 79.9. The van der Waals surface area contributed by atoms with Gasteiger partial charge in [0.1, 0.15) is 5.69 Å². The fourth-order valence-electron chi connectivity index (χ4n) is 1.03. The van der Waals surface area contributed by atoms with Crippen molar-refractivity contribution >= 4 is 21.6 Å². The molecule has 0 aliphatic rings.